The van der Waals surface area contributed by atoms with E-state index in [1.54, 1.807) is 6.20 Å². The van der Waals surface area contributed by atoms with Gasteiger partial charge in [-0.25, -0.2) is 14.6 Å². The van der Waals surface area contributed by atoms with Crippen molar-refractivity contribution in [2.24, 2.45) is 5.92 Å². The van der Waals surface area contributed by atoms with E-state index in [9.17, 15) is 0 Å². The van der Waals surface area contributed by atoms with Gasteiger partial charge in [-0.15, -0.1) is 0 Å². The summed E-state index contributed by atoms with van der Waals surface area (Å²) in [6.07, 6.45) is 5.92. The number of nitrogens with two attached hydrogens (primary N) is 1. The SMILES string of the molecule is CC(C)n1ccc(-c2nc3cnn(CC4CCCOC4)c3nc2N)n1. The summed E-state index contributed by atoms with van der Waals surface area (Å²) < 4.78 is 9.32. The van der Waals surface area contributed by atoms with Crippen LogP contribution in [-0.2, 0) is 11.3 Å². The van der Waals surface area contributed by atoms with E-state index in [1.165, 1.54) is 0 Å². The van der Waals surface area contributed by atoms with Gasteiger partial charge in [0.15, 0.2) is 11.5 Å². The number of hydrogen-bond acceptors (Lipinski definition) is 6. The molecule has 0 radical (unpaired) electrons. The van der Waals surface area contributed by atoms with Crippen LogP contribution in [0, 0.1) is 5.92 Å². The Kier molecular flexibility index (Phi) is 4.12. The third-order valence-corrected chi connectivity index (χ3v) is 4.56. The molecular weight excluding hydrogens is 318 g/mol. The van der Waals surface area contributed by atoms with Crippen LogP contribution in [0.4, 0.5) is 5.82 Å². The van der Waals surface area contributed by atoms with E-state index in [0.717, 1.165) is 49.5 Å². The highest BCUT2D eigenvalue weighted by molar-refractivity contribution is 5.78. The summed E-state index contributed by atoms with van der Waals surface area (Å²) in [5.41, 5.74) is 8.97. The van der Waals surface area contributed by atoms with E-state index in [0.29, 0.717) is 17.4 Å². The van der Waals surface area contributed by atoms with Crippen LogP contribution in [0.1, 0.15) is 32.7 Å². The summed E-state index contributed by atoms with van der Waals surface area (Å²) in [5.74, 6) is 0.837. The normalized spacial score (nSPS) is 18.3. The van der Waals surface area contributed by atoms with Crippen molar-refractivity contribution < 1.29 is 4.74 Å². The van der Waals surface area contributed by atoms with Gasteiger partial charge in [-0.2, -0.15) is 10.2 Å². The third-order valence-electron chi connectivity index (χ3n) is 4.56. The molecule has 2 N–H and O–H groups in total. The predicted molar refractivity (Wildman–Crippen MR) is 94.9 cm³/mol. The van der Waals surface area contributed by atoms with Gasteiger partial charge in [-0.05, 0) is 32.8 Å². The Hall–Kier alpha value is -2.48. The molecule has 0 aliphatic carbocycles. The lowest BCUT2D eigenvalue weighted by Crippen LogP contribution is -2.22. The zero-order chi connectivity index (χ0) is 17.4. The number of hydrogen-bond donors (Lipinski definition) is 1. The fourth-order valence-corrected chi connectivity index (χ4v) is 3.18. The number of aromatic nitrogens is 6. The molecule has 8 nitrogen and oxygen atoms in total. The highest BCUT2D eigenvalue weighted by Crippen LogP contribution is 2.25. The summed E-state index contributed by atoms with van der Waals surface area (Å²) in [5, 5.41) is 8.99. The second kappa shape index (κ2) is 6.44. The standard InChI is InChI=1S/C17H23N7O/c1-11(2)23-6-5-13(22-23)15-16(18)21-17-14(20-15)8-19-24(17)9-12-4-3-7-25-10-12/h5-6,8,11-12H,3-4,7,9-10H2,1-2H3,(H2,18,21). The van der Waals surface area contributed by atoms with Crippen molar-refractivity contribution in [3.8, 4) is 11.4 Å². The summed E-state index contributed by atoms with van der Waals surface area (Å²) in [6, 6.07) is 2.20. The summed E-state index contributed by atoms with van der Waals surface area (Å²) >= 11 is 0. The molecule has 1 atom stereocenters. The van der Waals surface area contributed by atoms with Gasteiger partial charge in [0.1, 0.15) is 16.9 Å². The molecule has 8 heteroatoms. The van der Waals surface area contributed by atoms with Gasteiger partial charge in [-0.3, -0.25) is 4.68 Å². The van der Waals surface area contributed by atoms with Crippen molar-refractivity contribution in [2.45, 2.75) is 39.3 Å². The number of ether oxygens (including phenoxy) is 1. The van der Waals surface area contributed by atoms with Crippen molar-refractivity contribution in [1.82, 2.24) is 29.5 Å². The number of anilines is 1. The van der Waals surface area contributed by atoms with Crippen LogP contribution >= 0.6 is 0 Å². The molecule has 4 heterocycles. The van der Waals surface area contributed by atoms with E-state index in [4.69, 9.17) is 10.5 Å². The van der Waals surface area contributed by atoms with Crippen molar-refractivity contribution in [3.05, 3.63) is 18.5 Å². The van der Waals surface area contributed by atoms with E-state index in [1.807, 2.05) is 21.6 Å². The van der Waals surface area contributed by atoms with Crippen molar-refractivity contribution in [2.75, 3.05) is 18.9 Å². The van der Waals surface area contributed by atoms with Gasteiger partial charge in [0.25, 0.3) is 0 Å². The van der Waals surface area contributed by atoms with E-state index in [2.05, 4.69) is 34.0 Å². The lowest BCUT2D eigenvalue weighted by molar-refractivity contribution is 0.0474. The molecule has 132 valence electrons. The van der Waals surface area contributed by atoms with Crippen LogP contribution in [0.15, 0.2) is 18.5 Å². The quantitative estimate of drug-likeness (QED) is 0.782. The maximum atomic E-state index is 6.18. The fraction of sp³-hybridized carbons (Fsp3) is 0.529. The maximum Gasteiger partial charge on any atom is 0.178 e. The third kappa shape index (κ3) is 3.09. The van der Waals surface area contributed by atoms with E-state index >= 15 is 0 Å². The zero-order valence-corrected chi connectivity index (χ0v) is 14.6. The molecule has 0 aromatic carbocycles. The van der Waals surface area contributed by atoms with Gasteiger partial charge in [0.05, 0.1) is 12.8 Å². The molecule has 1 fully saturated rings. The Morgan fingerprint density at radius 3 is 2.96 bits per heavy atom. The van der Waals surface area contributed by atoms with Crippen LogP contribution in [-0.4, -0.2) is 42.7 Å². The first-order valence-electron chi connectivity index (χ1n) is 8.74. The molecule has 0 amide bonds. The first kappa shape index (κ1) is 16.0. The van der Waals surface area contributed by atoms with Gasteiger partial charge in [0, 0.05) is 31.3 Å². The Bertz CT molecular complexity index is 876. The lowest BCUT2D eigenvalue weighted by Gasteiger charge is -2.21. The van der Waals surface area contributed by atoms with Crippen molar-refractivity contribution in [3.63, 3.8) is 0 Å². The summed E-state index contributed by atoms with van der Waals surface area (Å²) in [6.45, 7) is 6.56. The number of nitrogen functional groups attached to an aromatic ring is 1. The molecule has 4 rings (SSSR count). The van der Waals surface area contributed by atoms with Crippen molar-refractivity contribution >= 4 is 17.0 Å². The van der Waals surface area contributed by atoms with Crippen molar-refractivity contribution in [1.29, 1.82) is 0 Å². The van der Waals surface area contributed by atoms with Gasteiger partial charge in [-0.1, -0.05) is 0 Å². The molecule has 0 bridgehead atoms. The van der Waals surface area contributed by atoms with Crippen LogP contribution in [0.3, 0.4) is 0 Å². The maximum absolute atomic E-state index is 6.18. The largest absolute Gasteiger partial charge is 0.382 e. The molecule has 1 unspecified atom stereocenters. The second-order valence-electron chi connectivity index (χ2n) is 6.85. The molecule has 3 aromatic rings. The molecule has 1 aliphatic heterocycles. The molecule has 1 saturated heterocycles. The molecule has 0 spiro atoms. The summed E-state index contributed by atoms with van der Waals surface area (Å²) in [4.78, 5) is 9.21. The van der Waals surface area contributed by atoms with Gasteiger partial charge >= 0.3 is 0 Å². The van der Waals surface area contributed by atoms with Crippen LogP contribution < -0.4 is 5.73 Å². The minimum atomic E-state index is 0.284. The molecular formula is C17H23N7O. The fourth-order valence-electron chi connectivity index (χ4n) is 3.18. The highest BCUT2D eigenvalue weighted by atomic mass is 16.5. The lowest BCUT2D eigenvalue weighted by atomic mass is 10.0. The van der Waals surface area contributed by atoms with Gasteiger partial charge < -0.3 is 10.5 Å². The average Bonchev–Trinajstić information content (AvgIpc) is 3.23. The number of rotatable bonds is 4. The Labute approximate surface area is 146 Å². The Morgan fingerprint density at radius 1 is 1.36 bits per heavy atom. The average molecular weight is 341 g/mol. The molecule has 0 saturated carbocycles. The van der Waals surface area contributed by atoms with Crippen LogP contribution in [0.5, 0.6) is 0 Å². The van der Waals surface area contributed by atoms with Gasteiger partial charge in [0.2, 0.25) is 0 Å². The number of nitrogens with zero attached hydrogens (tertiary/aromatic N) is 6. The Balaban J connectivity index is 1.66. The minimum Gasteiger partial charge on any atom is -0.382 e. The van der Waals surface area contributed by atoms with Crippen LogP contribution in [0.25, 0.3) is 22.6 Å². The van der Waals surface area contributed by atoms with E-state index in [-0.39, 0.29) is 6.04 Å². The topological polar surface area (TPSA) is 96.7 Å². The van der Waals surface area contributed by atoms with E-state index < -0.39 is 0 Å². The first-order chi connectivity index (χ1) is 12.1. The monoisotopic (exact) mass is 341 g/mol. The molecule has 3 aromatic heterocycles. The molecule has 25 heavy (non-hydrogen) atoms. The first-order valence-corrected chi connectivity index (χ1v) is 8.74. The summed E-state index contributed by atoms with van der Waals surface area (Å²) in [7, 11) is 0. The Morgan fingerprint density at radius 2 is 2.24 bits per heavy atom. The smallest absolute Gasteiger partial charge is 0.178 e. The number of fused-ring (bicyclic) bond motifs is 1. The zero-order valence-electron chi connectivity index (χ0n) is 14.6. The second-order valence-corrected chi connectivity index (χ2v) is 6.85. The predicted octanol–water partition coefficient (Wildman–Crippen LogP) is 2.28. The highest BCUT2D eigenvalue weighted by Gasteiger charge is 2.19. The van der Waals surface area contributed by atoms with Crippen LogP contribution in [0.2, 0.25) is 0 Å². The molecule has 1 aliphatic rings. The minimum absolute atomic E-state index is 0.284.